The fourth-order valence-corrected chi connectivity index (χ4v) is 4.51. The lowest BCUT2D eigenvalue weighted by molar-refractivity contribution is -0.120. The molecular weight excluding hydrogens is 394 g/mol. The molecule has 8 heteroatoms. The van der Waals surface area contributed by atoms with Gasteiger partial charge in [-0.25, -0.2) is 9.98 Å². The van der Waals surface area contributed by atoms with Crippen molar-refractivity contribution in [3.05, 3.63) is 41.4 Å². The molecule has 1 atom stereocenters. The number of carbonyl (C=O) groups is 2. The van der Waals surface area contributed by atoms with Crippen molar-refractivity contribution in [3.8, 4) is 0 Å². The highest BCUT2D eigenvalue weighted by atomic mass is 16.5. The molecule has 31 heavy (non-hydrogen) atoms. The van der Waals surface area contributed by atoms with Gasteiger partial charge in [0.15, 0.2) is 0 Å². The molecule has 1 fully saturated rings. The molecule has 0 saturated carbocycles. The zero-order valence-electron chi connectivity index (χ0n) is 18.5. The highest BCUT2D eigenvalue weighted by Crippen LogP contribution is 2.29. The third-order valence-electron chi connectivity index (χ3n) is 6.28. The van der Waals surface area contributed by atoms with Crippen LogP contribution in [0.4, 0.5) is 5.82 Å². The van der Waals surface area contributed by atoms with E-state index in [0.717, 1.165) is 48.5 Å². The van der Waals surface area contributed by atoms with E-state index in [2.05, 4.69) is 27.2 Å². The Morgan fingerprint density at radius 3 is 2.74 bits per heavy atom. The number of fused-ring (bicyclic) bond motifs is 1. The molecular formula is C23H29N5O3. The maximum Gasteiger partial charge on any atom is 0.254 e. The molecule has 8 nitrogen and oxygen atoms in total. The SMILES string of the molecule is CC1=CC(C)=NC(=O)C1CNC(=O)c1cc2cncn2c(N(C)C2CCOCC2)c1C. The summed E-state index contributed by atoms with van der Waals surface area (Å²) in [5.74, 6) is 0.128. The summed E-state index contributed by atoms with van der Waals surface area (Å²) in [4.78, 5) is 36.0. The van der Waals surface area contributed by atoms with Gasteiger partial charge in [0.05, 0.1) is 17.6 Å². The van der Waals surface area contributed by atoms with Crippen LogP contribution in [-0.4, -0.2) is 59.8 Å². The van der Waals surface area contributed by atoms with Crippen molar-refractivity contribution >= 4 is 28.9 Å². The van der Waals surface area contributed by atoms with E-state index in [0.29, 0.717) is 17.3 Å². The molecule has 0 aliphatic carbocycles. The van der Waals surface area contributed by atoms with E-state index in [1.54, 1.807) is 19.4 Å². The fourth-order valence-electron chi connectivity index (χ4n) is 4.51. The van der Waals surface area contributed by atoms with E-state index < -0.39 is 5.92 Å². The van der Waals surface area contributed by atoms with Gasteiger partial charge in [0, 0.05) is 49.7 Å². The maximum absolute atomic E-state index is 13.2. The Kier molecular flexibility index (Phi) is 5.91. The first-order valence-corrected chi connectivity index (χ1v) is 10.7. The second-order valence-electron chi connectivity index (χ2n) is 8.39. The van der Waals surface area contributed by atoms with Crippen LogP contribution in [0.2, 0.25) is 0 Å². The molecule has 4 rings (SSSR count). The predicted molar refractivity (Wildman–Crippen MR) is 120 cm³/mol. The number of aliphatic imine (C=N–C) groups is 1. The molecule has 0 radical (unpaired) electrons. The summed E-state index contributed by atoms with van der Waals surface area (Å²) in [6.07, 6.45) is 7.31. The van der Waals surface area contributed by atoms with E-state index in [-0.39, 0.29) is 18.4 Å². The molecule has 2 aliphatic heterocycles. The first kappa shape index (κ1) is 21.2. The monoisotopic (exact) mass is 423 g/mol. The number of dihydropyridines is 1. The molecule has 0 aromatic carbocycles. The van der Waals surface area contributed by atoms with E-state index >= 15 is 0 Å². The second-order valence-corrected chi connectivity index (χ2v) is 8.39. The summed E-state index contributed by atoms with van der Waals surface area (Å²) in [6.45, 7) is 7.38. The van der Waals surface area contributed by atoms with Crippen molar-refractivity contribution in [1.29, 1.82) is 0 Å². The molecule has 0 bridgehead atoms. The molecule has 164 valence electrons. The van der Waals surface area contributed by atoms with Crippen LogP contribution < -0.4 is 10.2 Å². The van der Waals surface area contributed by atoms with Gasteiger partial charge >= 0.3 is 0 Å². The van der Waals surface area contributed by atoms with Crippen molar-refractivity contribution in [3.63, 3.8) is 0 Å². The number of hydrogen-bond acceptors (Lipinski definition) is 5. The van der Waals surface area contributed by atoms with E-state index in [1.165, 1.54) is 0 Å². The number of ether oxygens (including phenoxy) is 1. The number of amides is 2. The summed E-state index contributed by atoms with van der Waals surface area (Å²) in [6, 6.07) is 2.19. The van der Waals surface area contributed by atoms with Gasteiger partial charge < -0.3 is 15.0 Å². The molecule has 1 N–H and O–H groups in total. The van der Waals surface area contributed by atoms with E-state index in [9.17, 15) is 9.59 Å². The molecule has 2 aromatic heterocycles. The zero-order chi connectivity index (χ0) is 22.1. The molecule has 4 heterocycles. The summed E-state index contributed by atoms with van der Waals surface area (Å²) in [5, 5.41) is 2.95. The highest BCUT2D eigenvalue weighted by molar-refractivity contribution is 6.06. The number of pyridine rings is 1. The molecule has 2 amide bonds. The van der Waals surface area contributed by atoms with E-state index in [4.69, 9.17) is 4.74 Å². The molecule has 0 spiro atoms. The van der Waals surface area contributed by atoms with Crippen LogP contribution in [0.3, 0.4) is 0 Å². The van der Waals surface area contributed by atoms with Crippen LogP contribution in [0.25, 0.3) is 5.52 Å². The summed E-state index contributed by atoms with van der Waals surface area (Å²) < 4.78 is 7.54. The molecule has 1 saturated heterocycles. The first-order chi connectivity index (χ1) is 14.9. The van der Waals surface area contributed by atoms with E-state index in [1.807, 2.05) is 30.4 Å². The van der Waals surface area contributed by atoms with Crippen LogP contribution in [-0.2, 0) is 9.53 Å². The number of carbonyl (C=O) groups excluding carboxylic acids is 2. The maximum atomic E-state index is 13.2. The van der Waals surface area contributed by atoms with Crippen LogP contribution in [0.1, 0.15) is 42.6 Å². The number of anilines is 1. The minimum atomic E-state index is -0.420. The standard InChI is InChI=1S/C23H29N5O3/c1-14-9-15(2)26-22(30)20(14)12-25-21(29)19-10-18-11-24-13-28(18)23(16(19)3)27(4)17-5-7-31-8-6-17/h9-11,13,17,20H,5-8,12H2,1-4H3,(H,25,29). The second kappa shape index (κ2) is 8.63. The lowest BCUT2D eigenvalue weighted by Crippen LogP contribution is -2.39. The lowest BCUT2D eigenvalue weighted by atomic mass is 9.95. The van der Waals surface area contributed by atoms with Gasteiger partial charge in [-0.2, -0.15) is 0 Å². The molecule has 1 unspecified atom stereocenters. The predicted octanol–water partition coefficient (Wildman–Crippen LogP) is 2.55. The first-order valence-electron chi connectivity index (χ1n) is 10.7. The Bertz CT molecular complexity index is 1080. The smallest absolute Gasteiger partial charge is 0.254 e. The van der Waals surface area contributed by atoms with Crippen LogP contribution in [0.5, 0.6) is 0 Å². The highest BCUT2D eigenvalue weighted by Gasteiger charge is 2.27. The van der Waals surface area contributed by atoms with Crippen LogP contribution >= 0.6 is 0 Å². The normalized spacial score (nSPS) is 19.9. The van der Waals surface area contributed by atoms with Gasteiger partial charge in [0.25, 0.3) is 11.8 Å². The zero-order valence-corrected chi connectivity index (χ0v) is 18.5. The average molecular weight is 424 g/mol. The third-order valence-corrected chi connectivity index (χ3v) is 6.28. The Morgan fingerprint density at radius 2 is 2.03 bits per heavy atom. The average Bonchev–Trinajstić information content (AvgIpc) is 3.20. The minimum Gasteiger partial charge on any atom is -0.381 e. The summed E-state index contributed by atoms with van der Waals surface area (Å²) >= 11 is 0. The summed E-state index contributed by atoms with van der Waals surface area (Å²) in [7, 11) is 2.06. The Labute approximate surface area is 182 Å². The van der Waals surface area contributed by atoms with Gasteiger partial charge in [-0.1, -0.05) is 5.57 Å². The van der Waals surface area contributed by atoms with Crippen LogP contribution in [0.15, 0.2) is 35.2 Å². The number of imidazole rings is 1. The molecule has 2 aliphatic rings. The Hall–Kier alpha value is -3.00. The van der Waals surface area contributed by atoms with Crippen molar-refractivity contribution in [2.24, 2.45) is 10.9 Å². The third kappa shape index (κ3) is 4.12. The van der Waals surface area contributed by atoms with Gasteiger partial charge in [-0.05, 0) is 45.8 Å². The van der Waals surface area contributed by atoms with Crippen molar-refractivity contribution in [2.75, 3.05) is 31.7 Å². The Morgan fingerprint density at radius 1 is 1.29 bits per heavy atom. The number of rotatable bonds is 5. The summed E-state index contributed by atoms with van der Waals surface area (Å²) in [5.41, 5.74) is 3.95. The number of aromatic nitrogens is 2. The van der Waals surface area contributed by atoms with Crippen LogP contribution in [0, 0.1) is 12.8 Å². The van der Waals surface area contributed by atoms with Gasteiger partial charge in [-0.3, -0.25) is 14.0 Å². The van der Waals surface area contributed by atoms with Gasteiger partial charge in [0.1, 0.15) is 12.1 Å². The quantitative estimate of drug-likeness (QED) is 0.799. The number of hydrogen-bond donors (Lipinski definition) is 1. The van der Waals surface area contributed by atoms with Gasteiger partial charge in [-0.15, -0.1) is 0 Å². The minimum absolute atomic E-state index is 0.199. The molecule has 2 aromatic rings. The van der Waals surface area contributed by atoms with Crippen molar-refractivity contribution in [1.82, 2.24) is 14.7 Å². The fraction of sp³-hybridized carbons (Fsp3) is 0.478. The van der Waals surface area contributed by atoms with Crippen molar-refractivity contribution < 1.29 is 14.3 Å². The number of nitrogens with one attached hydrogen (secondary N) is 1. The largest absolute Gasteiger partial charge is 0.381 e. The van der Waals surface area contributed by atoms with Crippen molar-refractivity contribution in [2.45, 2.75) is 39.7 Å². The topological polar surface area (TPSA) is 88.3 Å². The lowest BCUT2D eigenvalue weighted by Gasteiger charge is -2.34. The number of allylic oxidation sites excluding steroid dienone is 1. The Balaban J connectivity index is 1.60. The number of nitrogens with zero attached hydrogens (tertiary/aromatic N) is 4. The van der Waals surface area contributed by atoms with Gasteiger partial charge in [0.2, 0.25) is 0 Å².